The lowest BCUT2D eigenvalue weighted by Crippen LogP contribution is -2.23. The van der Waals surface area contributed by atoms with Gasteiger partial charge in [-0.3, -0.25) is 0 Å². The number of carbonyl (C=O) groups is 1. The van der Waals surface area contributed by atoms with Crippen LogP contribution in [0.5, 0.6) is 5.75 Å². The number of aliphatic carboxylic acids is 1. The highest BCUT2D eigenvalue weighted by Crippen LogP contribution is 2.30. The van der Waals surface area contributed by atoms with Crippen LogP contribution in [0.1, 0.15) is 6.92 Å². The molecule has 1 atom stereocenters. The van der Waals surface area contributed by atoms with Crippen LogP contribution >= 0.6 is 0 Å². The molecule has 2 rings (SSSR count). The second kappa shape index (κ2) is 4.87. The molecule has 0 aliphatic carbocycles. The van der Waals surface area contributed by atoms with Crippen LogP contribution in [-0.4, -0.2) is 22.3 Å². The Balaban J connectivity index is 2.38. The van der Waals surface area contributed by atoms with E-state index in [0.29, 0.717) is 11.3 Å². The summed E-state index contributed by atoms with van der Waals surface area (Å²) in [6, 6.07) is 5.29. The Kier molecular flexibility index (Phi) is 3.27. The van der Waals surface area contributed by atoms with Crippen LogP contribution in [0.4, 0.5) is 4.39 Å². The van der Waals surface area contributed by atoms with Gasteiger partial charge < -0.3 is 14.4 Å². The SMILES string of the molecule is CC(Oc1ccc(F)cc1-c1ccon1)C(=O)O. The monoisotopic (exact) mass is 251 g/mol. The molecule has 0 saturated heterocycles. The van der Waals surface area contributed by atoms with E-state index in [0.717, 1.165) is 0 Å². The summed E-state index contributed by atoms with van der Waals surface area (Å²) >= 11 is 0. The summed E-state index contributed by atoms with van der Waals surface area (Å²) in [5.41, 5.74) is 0.721. The van der Waals surface area contributed by atoms with Crippen molar-refractivity contribution in [2.75, 3.05) is 0 Å². The van der Waals surface area contributed by atoms with Gasteiger partial charge in [0.1, 0.15) is 23.5 Å². The van der Waals surface area contributed by atoms with Crippen LogP contribution in [0.15, 0.2) is 35.1 Å². The summed E-state index contributed by atoms with van der Waals surface area (Å²) in [4.78, 5) is 10.7. The van der Waals surface area contributed by atoms with Crippen LogP contribution in [0.2, 0.25) is 0 Å². The van der Waals surface area contributed by atoms with E-state index in [1.807, 2.05) is 0 Å². The van der Waals surface area contributed by atoms with Gasteiger partial charge >= 0.3 is 5.97 Å². The van der Waals surface area contributed by atoms with Crippen molar-refractivity contribution in [2.45, 2.75) is 13.0 Å². The van der Waals surface area contributed by atoms with Crippen molar-refractivity contribution in [1.29, 1.82) is 0 Å². The number of rotatable bonds is 4. The average Bonchev–Trinajstić information content (AvgIpc) is 2.84. The molecule has 0 aliphatic heterocycles. The Morgan fingerprint density at radius 2 is 2.28 bits per heavy atom. The predicted molar refractivity (Wildman–Crippen MR) is 59.6 cm³/mol. The standard InChI is InChI=1S/C12H10FNO4/c1-7(12(15)16)18-11-3-2-8(13)6-9(11)10-4-5-17-14-10/h2-7H,1H3,(H,15,16). The fraction of sp³-hybridized carbons (Fsp3) is 0.167. The molecule has 18 heavy (non-hydrogen) atoms. The normalized spacial score (nSPS) is 12.1. The van der Waals surface area contributed by atoms with Gasteiger partial charge in [0.25, 0.3) is 0 Å². The third-order valence-corrected chi connectivity index (χ3v) is 2.31. The van der Waals surface area contributed by atoms with E-state index in [-0.39, 0.29) is 5.75 Å². The maximum absolute atomic E-state index is 13.2. The van der Waals surface area contributed by atoms with Gasteiger partial charge in [-0.1, -0.05) is 5.16 Å². The minimum absolute atomic E-state index is 0.236. The molecule has 94 valence electrons. The van der Waals surface area contributed by atoms with Gasteiger partial charge in [0.15, 0.2) is 6.10 Å². The van der Waals surface area contributed by atoms with Gasteiger partial charge in [0.05, 0.1) is 0 Å². The molecule has 0 spiro atoms. The quantitative estimate of drug-likeness (QED) is 0.902. The first-order valence-corrected chi connectivity index (χ1v) is 5.17. The molecule has 6 heteroatoms. The van der Waals surface area contributed by atoms with Crippen molar-refractivity contribution >= 4 is 5.97 Å². The number of halogens is 1. The highest BCUT2D eigenvalue weighted by atomic mass is 19.1. The van der Waals surface area contributed by atoms with E-state index in [1.54, 1.807) is 0 Å². The second-order valence-electron chi connectivity index (χ2n) is 3.62. The van der Waals surface area contributed by atoms with Gasteiger partial charge in [-0.15, -0.1) is 0 Å². The molecule has 2 aromatic rings. The third-order valence-electron chi connectivity index (χ3n) is 2.31. The van der Waals surface area contributed by atoms with Crippen molar-refractivity contribution in [1.82, 2.24) is 5.16 Å². The van der Waals surface area contributed by atoms with E-state index < -0.39 is 17.9 Å². The van der Waals surface area contributed by atoms with Crippen LogP contribution in [0, 0.1) is 5.82 Å². The Morgan fingerprint density at radius 1 is 1.50 bits per heavy atom. The van der Waals surface area contributed by atoms with Gasteiger partial charge in [-0.25, -0.2) is 9.18 Å². The van der Waals surface area contributed by atoms with Gasteiger partial charge in [-0.05, 0) is 25.1 Å². The third kappa shape index (κ3) is 2.48. The molecule has 1 unspecified atom stereocenters. The number of benzene rings is 1. The average molecular weight is 251 g/mol. The first kappa shape index (κ1) is 12.1. The highest BCUT2D eigenvalue weighted by molar-refractivity contribution is 5.73. The maximum Gasteiger partial charge on any atom is 0.344 e. The van der Waals surface area contributed by atoms with Crippen molar-refractivity contribution in [3.63, 3.8) is 0 Å². The summed E-state index contributed by atoms with van der Waals surface area (Å²) in [6.45, 7) is 1.39. The summed E-state index contributed by atoms with van der Waals surface area (Å²) in [5, 5.41) is 12.5. The number of carboxylic acids is 1. The zero-order chi connectivity index (χ0) is 13.1. The van der Waals surface area contributed by atoms with E-state index >= 15 is 0 Å². The molecule has 0 amide bonds. The molecular formula is C12H10FNO4. The van der Waals surface area contributed by atoms with E-state index in [9.17, 15) is 9.18 Å². The van der Waals surface area contributed by atoms with Gasteiger partial charge in [0.2, 0.25) is 0 Å². The molecule has 0 radical (unpaired) electrons. The van der Waals surface area contributed by atoms with Crippen molar-refractivity contribution < 1.29 is 23.6 Å². The van der Waals surface area contributed by atoms with Gasteiger partial charge in [0, 0.05) is 11.6 Å². The number of nitrogens with zero attached hydrogens (tertiary/aromatic N) is 1. The van der Waals surface area contributed by atoms with Crippen LogP contribution < -0.4 is 4.74 Å². The largest absolute Gasteiger partial charge is 0.479 e. The van der Waals surface area contributed by atoms with Crippen LogP contribution in [0.3, 0.4) is 0 Å². The molecule has 0 aliphatic rings. The highest BCUT2D eigenvalue weighted by Gasteiger charge is 2.17. The van der Waals surface area contributed by atoms with E-state index in [1.165, 1.54) is 37.5 Å². The van der Waals surface area contributed by atoms with Crippen molar-refractivity contribution in [2.24, 2.45) is 0 Å². The summed E-state index contributed by atoms with van der Waals surface area (Å²) in [7, 11) is 0. The molecule has 5 nitrogen and oxygen atoms in total. The van der Waals surface area contributed by atoms with Gasteiger partial charge in [-0.2, -0.15) is 0 Å². The molecule has 1 heterocycles. The van der Waals surface area contributed by atoms with Crippen LogP contribution in [-0.2, 0) is 4.79 Å². The Labute approximate surface area is 102 Å². The lowest BCUT2D eigenvalue weighted by molar-refractivity contribution is -0.144. The Bertz CT molecular complexity index is 553. The van der Waals surface area contributed by atoms with Crippen LogP contribution in [0.25, 0.3) is 11.3 Å². The fourth-order valence-electron chi connectivity index (χ4n) is 1.40. The molecule has 1 aromatic heterocycles. The maximum atomic E-state index is 13.2. The Hall–Kier alpha value is -2.37. The molecule has 0 saturated carbocycles. The minimum Gasteiger partial charge on any atom is -0.479 e. The minimum atomic E-state index is -1.11. The number of ether oxygens (including phenoxy) is 1. The zero-order valence-electron chi connectivity index (χ0n) is 9.46. The second-order valence-corrected chi connectivity index (χ2v) is 3.62. The fourth-order valence-corrected chi connectivity index (χ4v) is 1.40. The molecular weight excluding hydrogens is 241 g/mol. The van der Waals surface area contributed by atoms with E-state index in [4.69, 9.17) is 9.84 Å². The number of hydrogen-bond acceptors (Lipinski definition) is 4. The summed E-state index contributed by atoms with van der Waals surface area (Å²) in [6.07, 6.45) is 0.297. The number of aromatic nitrogens is 1. The smallest absolute Gasteiger partial charge is 0.344 e. The molecule has 1 aromatic carbocycles. The summed E-state index contributed by atoms with van der Waals surface area (Å²) in [5.74, 6) is -1.34. The lowest BCUT2D eigenvalue weighted by Gasteiger charge is -2.13. The first-order valence-electron chi connectivity index (χ1n) is 5.17. The molecule has 0 bridgehead atoms. The first-order chi connectivity index (χ1) is 8.58. The number of carboxylic acid groups (broad SMARTS) is 1. The molecule has 0 fully saturated rings. The topological polar surface area (TPSA) is 72.6 Å². The number of hydrogen-bond donors (Lipinski definition) is 1. The molecule has 1 N–H and O–H groups in total. The van der Waals surface area contributed by atoms with E-state index in [2.05, 4.69) is 9.68 Å². The van der Waals surface area contributed by atoms with Crippen molar-refractivity contribution in [3.8, 4) is 17.0 Å². The summed E-state index contributed by atoms with van der Waals surface area (Å²) < 4.78 is 23.1. The lowest BCUT2D eigenvalue weighted by atomic mass is 10.1. The predicted octanol–water partition coefficient (Wildman–Crippen LogP) is 2.33. The van der Waals surface area contributed by atoms with Crippen molar-refractivity contribution in [3.05, 3.63) is 36.3 Å². The zero-order valence-corrected chi connectivity index (χ0v) is 9.46. The Morgan fingerprint density at radius 3 is 2.89 bits per heavy atom.